The van der Waals surface area contributed by atoms with Crippen LogP contribution < -0.4 is 5.32 Å². The van der Waals surface area contributed by atoms with Crippen molar-refractivity contribution in [3.05, 3.63) is 39.4 Å². The molecule has 0 aliphatic heterocycles. The predicted molar refractivity (Wildman–Crippen MR) is 71.5 cm³/mol. The van der Waals surface area contributed by atoms with Gasteiger partial charge in [0.2, 0.25) is 0 Å². The van der Waals surface area contributed by atoms with E-state index in [1.807, 2.05) is 13.0 Å². The maximum atomic E-state index is 10.9. The minimum Gasteiger partial charge on any atom is -0.307 e. The molecule has 0 spiro atoms. The van der Waals surface area contributed by atoms with Crippen LogP contribution in [-0.2, 0) is 6.54 Å². The van der Waals surface area contributed by atoms with Gasteiger partial charge in [0.1, 0.15) is 0 Å². The van der Waals surface area contributed by atoms with Crippen LogP contribution in [0.1, 0.15) is 37.8 Å². The molecule has 0 aromatic heterocycles. The van der Waals surface area contributed by atoms with E-state index in [4.69, 9.17) is 0 Å². The highest BCUT2D eigenvalue weighted by Crippen LogP contribution is 2.39. The van der Waals surface area contributed by atoms with Gasteiger partial charge in [0.05, 0.1) is 4.92 Å². The summed E-state index contributed by atoms with van der Waals surface area (Å²) in [5.41, 5.74) is 2.11. The summed E-state index contributed by atoms with van der Waals surface area (Å²) in [5, 5.41) is 14.4. The Morgan fingerprint density at radius 3 is 2.67 bits per heavy atom. The lowest BCUT2D eigenvalue weighted by molar-refractivity contribution is -0.385. The Labute approximate surface area is 108 Å². The Balaban J connectivity index is 2.09. The predicted octanol–water partition coefficient (Wildman–Crippen LogP) is 3.18. The van der Waals surface area contributed by atoms with Crippen molar-refractivity contribution in [3.63, 3.8) is 0 Å². The van der Waals surface area contributed by atoms with Gasteiger partial charge in [-0.1, -0.05) is 12.1 Å². The van der Waals surface area contributed by atoms with Crippen LogP contribution in [0.2, 0.25) is 0 Å². The van der Waals surface area contributed by atoms with Crippen molar-refractivity contribution >= 4 is 5.69 Å². The van der Waals surface area contributed by atoms with Gasteiger partial charge in [-0.15, -0.1) is 0 Å². The minimum absolute atomic E-state index is 0.122. The first kappa shape index (κ1) is 13.0. The van der Waals surface area contributed by atoms with Gasteiger partial charge in [-0.3, -0.25) is 10.1 Å². The molecular weight excluding hydrogens is 228 g/mol. The molecule has 0 heterocycles. The molecule has 1 aliphatic carbocycles. The lowest BCUT2D eigenvalue weighted by atomic mass is 9.97. The van der Waals surface area contributed by atoms with Gasteiger partial charge in [0, 0.05) is 23.7 Å². The monoisotopic (exact) mass is 248 g/mol. The third kappa shape index (κ3) is 2.70. The first-order valence-electron chi connectivity index (χ1n) is 6.40. The summed E-state index contributed by atoms with van der Waals surface area (Å²) in [6, 6.07) is 5.27. The Hall–Kier alpha value is -1.42. The first-order chi connectivity index (χ1) is 8.42. The number of nitrogens with one attached hydrogen (secondary N) is 1. The van der Waals surface area contributed by atoms with E-state index in [0.717, 1.165) is 17.0 Å². The highest BCUT2D eigenvalue weighted by Gasteiger charge is 2.37. The van der Waals surface area contributed by atoms with Gasteiger partial charge in [-0.25, -0.2) is 0 Å². The molecule has 4 nitrogen and oxygen atoms in total. The van der Waals surface area contributed by atoms with Gasteiger partial charge in [0.25, 0.3) is 5.69 Å². The van der Waals surface area contributed by atoms with Crippen LogP contribution in [-0.4, -0.2) is 10.5 Å². The second kappa shape index (κ2) is 4.69. The number of nitro benzene ring substituents is 1. The fourth-order valence-corrected chi connectivity index (χ4v) is 2.33. The van der Waals surface area contributed by atoms with Gasteiger partial charge in [-0.05, 0) is 45.1 Å². The van der Waals surface area contributed by atoms with Crippen LogP contribution in [0.3, 0.4) is 0 Å². The second-order valence-electron chi connectivity index (χ2n) is 5.67. The van der Waals surface area contributed by atoms with Crippen molar-refractivity contribution in [2.75, 3.05) is 0 Å². The molecule has 1 saturated carbocycles. The normalized spacial score (nSPS) is 15.7. The molecular formula is C14H20N2O2. The van der Waals surface area contributed by atoms with Crippen molar-refractivity contribution < 1.29 is 4.92 Å². The largest absolute Gasteiger partial charge is 0.307 e. The Bertz CT molecular complexity index is 465. The van der Waals surface area contributed by atoms with E-state index in [9.17, 15) is 10.1 Å². The molecule has 1 N–H and O–H groups in total. The van der Waals surface area contributed by atoms with Crippen molar-refractivity contribution in [3.8, 4) is 0 Å². The highest BCUT2D eigenvalue weighted by molar-refractivity contribution is 5.44. The van der Waals surface area contributed by atoms with Crippen LogP contribution in [0, 0.1) is 23.0 Å². The molecule has 0 radical (unpaired) electrons. The van der Waals surface area contributed by atoms with Crippen LogP contribution in [0.15, 0.2) is 18.2 Å². The van der Waals surface area contributed by atoms with E-state index >= 15 is 0 Å². The summed E-state index contributed by atoms with van der Waals surface area (Å²) < 4.78 is 0. The van der Waals surface area contributed by atoms with Crippen LogP contribution in [0.25, 0.3) is 0 Å². The minimum atomic E-state index is -0.315. The van der Waals surface area contributed by atoms with Crippen LogP contribution >= 0.6 is 0 Å². The molecule has 0 unspecified atom stereocenters. The zero-order valence-corrected chi connectivity index (χ0v) is 11.2. The number of benzene rings is 1. The van der Waals surface area contributed by atoms with E-state index in [-0.39, 0.29) is 16.1 Å². The number of hydrogen-bond acceptors (Lipinski definition) is 3. The summed E-state index contributed by atoms with van der Waals surface area (Å²) in [6.45, 7) is 6.92. The molecule has 1 fully saturated rings. The lowest BCUT2D eigenvalue weighted by Crippen LogP contribution is -2.40. The third-order valence-corrected chi connectivity index (χ3v) is 3.95. The number of nitro groups is 1. The summed E-state index contributed by atoms with van der Waals surface area (Å²) in [6.07, 6.45) is 2.57. The average molecular weight is 248 g/mol. The number of nitrogens with zero attached hydrogens (tertiary/aromatic N) is 1. The zero-order chi connectivity index (χ0) is 13.3. The molecule has 98 valence electrons. The van der Waals surface area contributed by atoms with Crippen molar-refractivity contribution in [1.82, 2.24) is 5.32 Å². The summed E-state index contributed by atoms with van der Waals surface area (Å²) in [7, 11) is 0. The maximum absolute atomic E-state index is 10.9. The molecule has 1 aromatic carbocycles. The molecule has 0 saturated heterocycles. The molecule has 0 amide bonds. The van der Waals surface area contributed by atoms with Crippen molar-refractivity contribution in [2.45, 2.75) is 45.7 Å². The van der Waals surface area contributed by atoms with Crippen LogP contribution in [0.5, 0.6) is 0 Å². The number of rotatable bonds is 5. The Kier molecular flexibility index (Phi) is 3.39. The van der Waals surface area contributed by atoms with Gasteiger partial charge >= 0.3 is 0 Å². The molecule has 0 bridgehead atoms. The third-order valence-electron chi connectivity index (χ3n) is 3.95. The Morgan fingerprint density at radius 1 is 1.44 bits per heavy atom. The lowest BCUT2D eigenvalue weighted by Gasteiger charge is -2.26. The maximum Gasteiger partial charge on any atom is 0.272 e. The van der Waals surface area contributed by atoms with Crippen molar-refractivity contribution in [1.29, 1.82) is 0 Å². The smallest absolute Gasteiger partial charge is 0.272 e. The topological polar surface area (TPSA) is 55.2 Å². The van der Waals surface area contributed by atoms with Gasteiger partial charge < -0.3 is 5.32 Å². The zero-order valence-electron chi connectivity index (χ0n) is 11.2. The first-order valence-corrected chi connectivity index (χ1v) is 6.40. The molecule has 18 heavy (non-hydrogen) atoms. The molecule has 0 atom stereocenters. The summed E-state index contributed by atoms with van der Waals surface area (Å²) in [5.74, 6) is 0.747. The standard InChI is InChI=1S/C14H20N2O2/c1-10-11(5-4-6-13(10)16(17)18)9-15-14(2,3)12-7-8-12/h4-6,12,15H,7-9H2,1-3H3. The fourth-order valence-electron chi connectivity index (χ4n) is 2.33. The van der Waals surface area contributed by atoms with E-state index in [0.29, 0.717) is 6.54 Å². The van der Waals surface area contributed by atoms with E-state index in [1.54, 1.807) is 12.1 Å². The molecule has 4 heteroatoms. The van der Waals surface area contributed by atoms with E-state index in [1.165, 1.54) is 12.8 Å². The number of hydrogen-bond donors (Lipinski definition) is 1. The molecule has 2 rings (SSSR count). The van der Waals surface area contributed by atoms with Crippen molar-refractivity contribution in [2.24, 2.45) is 5.92 Å². The quantitative estimate of drug-likeness (QED) is 0.643. The molecule has 1 aliphatic rings. The van der Waals surface area contributed by atoms with Gasteiger partial charge in [-0.2, -0.15) is 0 Å². The average Bonchev–Trinajstić information content (AvgIpc) is 3.11. The fraction of sp³-hybridized carbons (Fsp3) is 0.571. The highest BCUT2D eigenvalue weighted by atomic mass is 16.6. The van der Waals surface area contributed by atoms with E-state index < -0.39 is 0 Å². The Morgan fingerprint density at radius 2 is 2.11 bits per heavy atom. The van der Waals surface area contributed by atoms with E-state index in [2.05, 4.69) is 19.2 Å². The second-order valence-corrected chi connectivity index (χ2v) is 5.67. The summed E-state index contributed by atoms with van der Waals surface area (Å²) >= 11 is 0. The van der Waals surface area contributed by atoms with Gasteiger partial charge in [0.15, 0.2) is 0 Å². The SMILES string of the molecule is Cc1c(CNC(C)(C)C2CC2)cccc1[N+](=O)[O-]. The van der Waals surface area contributed by atoms with Crippen LogP contribution in [0.4, 0.5) is 5.69 Å². The molecule has 1 aromatic rings. The summed E-state index contributed by atoms with van der Waals surface area (Å²) in [4.78, 5) is 10.6.